The Morgan fingerprint density at radius 1 is 1.10 bits per heavy atom. The van der Waals surface area contributed by atoms with Crippen LogP contribution in [0.25, 0.3) is 0 Å². The smallest absolute Gasteiger partial charge is 0.309 e. The molecule has 114 valence electrons. The van der Waals surface area contributed by atoms with Crippen molar-refractivity contribution in [1.29, 1.82) is 0 Å². The molecule has 0 radical (unpaired) electrons. The minimum Gasteiger partial charge on any atom is -0.345 e. The van der Waals surface area contributed by atoms with E-state index in [0.717, 1.165) is 24.8 Å². The van der Waals surface area contributed by atoms with E-state index in [-0.39, 0.29) is 12.1 Å². The van der Waals surface area contributed by atoms with Gasteiger partial charge in [-0.15, -0.1) is 0 Å². The highest BCUT2D eigenvalue weighted by molar-refractivity contribution is 6.35. The summed E-state index contributed by atoms with van der Waals surface area (Å²) < 4.78 is 0. The standard InChI is InChI=1S/C17H24N2O2/c1-12-8-6-7-11-15(12)19-17(21)16(20)18-13(2)14-9-4-3-5-10-14/h3-5,9-10,12-13,15H,6-8,11H2,1-2H3,(H,18,20)(H,19,21)/t12-,13+,15+/m0/s1. The topological polar surface area (TPSA) is 58.2 Å². The third kappa shape index (κ3) is 4.31. The molecule has 4 nitrogen and oxygen atoms in total. The Balaban J connectivity index is 1.86. The lowest BCUT2D eigenvalue weighted by atomic mass is 9.86. The number of rotatable bonds is 3. The fourth-order valence-electron chi connectivity index (χ4n) is 2.85. The Bertz CT molecular complexity index is 487. The van der Waals surface area contributed by atoms with E-state index in [0.29, 0.717) is 5.92 Å². The average molecular weight is 288 g/mol. The Morgan fingerprint density at radius 3 is 2.43 bits per heavy atom. The Morgan fingerprint density at radius 2 is 1.76 bits per heavy atom. The highest BCUT2D eigenvalue weighted by Gasteiger charge is 2.26. The van der Waals surface area contributed by atoms with E-state index < -0.39 is 11.8 Å². The highest BCUT2D eigenvalue weighted by atomic mass is 16.2. The number of hydrogen-bond donors (Lipinski definition) is 2. The molecule has 2 rings (SSSR count). The first kappa shape index (κ1) is 15.5. The quantitative estimate of drug-likeness (QED) is 0.840. The first-order valence-electron chi connectivity index (χ1n) is 7.74. The molecular formula is C17H24N2O2. The molecule has 1 aliphatic rings. The van der Waals surface area contributed by atoms with Gasteiger partial charge in [0.25, 0.3) is 0 Å². The minimum atomic E-state index is -0.552. The molecule has 0 saturated heterocycles. The van der Waals surface area contributed by atoms with Gasteiger partial charge in [-0.1, -0.05) is 50.1 Å². The van der Waals surface area contributed by atoms with Gasteiger partial charge in [0.05, 0.1) is 6.04 Å². The lowest BCUT2D eigenvalue weighted by Crippen LogP contribution is -2.48. The van der Waals surface area contributed by atoms with E-state index >= 15 is 0 Å². The zero-order chi connectivity index (χ0) is 15.2. The number of hydrogen-bond acceptors (Lipinski definition) is 2. The van der Waals surface area contributed by atoms with Crippen LogP contribution in [0.1, 0.15) is 51.1 Å². The summed E-state index contributed by atoms with van der Waals surface area (Å²) in [5.41, 5.74) is 0.990. The molecule has 0 heterocycles. The molecule has 2 amide bonds. The molecule has 1 aromatic rings. The van der Waals surface area contributed by atoms with Crippen LogP contribution in [0.4, 0.5) is 0 Å². The summed E-state index contributed by atoms with van der Waals surface area (Å²) in [4.78, 5) is 24.0. The number of carbonyl (C=O) groups is 2. The normalized spacial score (nSPS) is 23.1. The number of carbonyl (C=O) groups excluding carboxylic acids is 2. The highest BCUT2D eigenvalue weighted by Crippen LogP contribution is 2.23. The van der Waals surface area contributed by atoms with Crippen LogP contribution in [-0.2, 0) is 9.59 Å². The van der Waals surface area contributed by atoms with Crippen molar-refractivity contribution in [3.8, 4) is 0 Å². The summed E-state index contributed by atoms with van der Waals surface area (Å²) in [5, 5.41) is 5.62. The predicted octanol–water partition coefficient (Wildman–Crippen LogP) is 2.56. The second kappa shape index (κ2) is 7.25. The van der Waals surface area contributed by atoms with Crippen molar-refractivity contribution < 1.29 is 9.59 Å². The molecule has 1 saturated carbocycles. The fourth-order valence-corrected chi connectivity index (χ4v) is 2.85. The first-order valence-corrected chi connectivity index (χ1v) is 7.74. The van der Waals surface area contributed by atoms with E-state index in [9.17, 15) is 9.59 Å². The van der Waals surface area contributed by atoms with Gasteiger partial charge < -0.3 is 10.6 Å². The third-order valence-electron chi connectivity index (χ3n) is 4.28. The second-order valence-electron chi connectivity index (χ2n) is 5.95. The van der Waals surface area contributed by atoms with Gasteiger partial charge in [-0.2, -0.15) is 0 Å². The van der Waals surface area contributed by atoms with Crippen molar-refractivity contribution in [2.75, 3.05) is 0 Å². The van der Waals surface area contributed by atoms with Crippen LogP contribution < -0.4 is 10.6 Å². The van der Waals surface area contributed by atoms with Crippen molar-refractivity contribution in [3.05, 3.63) is 35.9 Å². The third-order valence-corrected chi connectivity index (χ3v) is 4.28. The Hall–Kier alpha value is -1.84. The van der Waals surface area contributed by atoms with E-state index in [1.165, 1.54) is 6.42 Å². The molecule has 21 heavy (non-hydrogen) atoms. The van der Waals surface area contributed by atoms with Gasteiger partial charge in [0.1, 0.15) is 0 Å². The van der Waals surface area contributed by atoms with E-state index in [2.05, 4.69) is 17.6 Å². The Kier molecular flexibility index (Phi) is 5.37. The molecule has 0 bridgehead atoms. The van der Waals surface area contributed by atoms with Crippen LogP contribution in [0, 0.1) is 5.92 Å². The number of amides is 2. The molecule has 0 spiro atoms. The van der Waals surface area contributed by atoms with Gasteiger partial charge in [0, 0.05) is 6.04 Å². The minimum absolute atomic E-state index is 0.129. The summed E-state index contributed by atoms with van der Waals surface area (Å²) >= 11 is 0. The molecule has 0 aromatic heterocycles. The summed E-state index contributed by atoms with van der Waals surface area (Å²) in [5.74, 6) is -0.622. The summed E-state index contributed by atoms with van der Waals surface area (Å²) in [6.07, 6.45) is 4.42. The average Bonchev–Trinajstić information content (AvgIpc) is 2.50. The summed E-state index contributed by atoms with van der Waals surface area (Å²) in [7, 11) is 0. The van der Waals surface area contributed by atoms with Crippen molar-refractivity contribution in [2.24, 2.45) is 5.92 Å². The van der Waals surface area contributed by atoms with E-state index in [1.54, 1.807) is 0 Å². The second-order valence-corrected chi connectivity index (χ2v) is 5.95. The van der Waals surface area contributed by atoms with Crippen molar-refractivity contribution in [3.63, 3.8) is 0 Å². The van der Waals surface area contributed by atoms with Crippen LogP contribution in [0.15, 0.2) is 30.3 Å². The van der Waals surface area contributed by atoms with Gasteiger partial charge in [0.2, 0.25) is 0 Å². The van der Waals surface area contributed by atoms with E-state index in [4.69, 9.17) is 0 Å². The van der Waals surface area contributed by atoms with Crippen LogP contribution in [0.2, 0.25) is 0 Å². The van der Waals surface area contributed by atoms with Crippen molar-refractivity contribution in [1.82, 2.24) is 10.6 Å². The number of nitrogens with one attached hydrogen (secondary N) is 2. The zero-order valence-corrected chi connectivity index (χ0v) is 12.8. The molecule has 1 aromatic carbocycles. The van der Waals surface area contributed by atoms with Gasteiger partial charge >= 0.3 is 11.8 Å². The molecule has 4 heteroatoms. The SMILES string of the molecule is C[C@@H](NC(=O)C(=O)N[C@@H]1CCCC[C@@H]1C)c1ccccc1. The molecule has 2 N–H and O–H groups in total. The van der Waals surface area contributed by atoms with Crippen molar-refractivity contribution in [2.45, 2.75) is 51.6 Å². The van der Waals surface area contributed by atoms with Crippen LogP contribution >= 0.6 is 0 Å². The van der Waals surface area contributed by atoms with E-state index in [1.807, 2.05) is 37.3 Å². The maximum atomic E-state index is 12.0. The lowest BCUT2D eigenvalue weighted by molar-refractivity contribution is -0.140. The molecule has 0 unspecified atom stereocenters. The van der Waals surface area contributed by atoms with Crippen LogP contribution in [-0.4, -0.2) is 17.9 Å². The largest absolute Gasteiger partial charge is 0.345 e. The van der Waals surface area contributed by atoms with Crippen LogP contribution in [0.3, 0.4) is 0 Å². The molecular weight excluding hydrogens is 264 g/mol. The molecule has 1 aliphatic carbocycles. The molecule has 0 aliphatic heterocycles. The molecule has 3 atom stereocenters. The van der Waals surface area contributed by atoms with Gasteiger partial charge in [-0.3, -0.25) is 9.59 Å². The maximum absolute atomic E-state index is 12.0. The summed E-state index contributed by atoms with van der Waals surface area (Å²) in [6.45, 7) is 4.01. The van der Waals surface area contributed by atoms with Gasteiger partial charge in [0.15, 0.2) is 0 Å². The first-order chi connectivity index (χ1) is 10.1. The van der Waals surface area contributed by atoms with Crippen LogP contribution in [0.5, 0.6) is 0 Å². The number of benzene rings is 1. The predicted molar refractivity (Wildman–Crippen MR) is 82.6 cm³/mol. The molecule has 1 fully saturated rings. The van der Waals surface area contributed by atoms with Crippen molar-refractivity contribution >= 4 is 11.8 Å². The van der Waals surface area contributed by atoms with Gasteiger partial charge in [-0.05, 0) is 31.2 Å². The zero-order valence-electron chi connectivity index (χ0n) is 12.8. The maximum Gasteiger partial charge on any atom is 0.309 e. The monoisotopic (exact) mass is 288 g/mol. The van der Waals surface area contributed by atoms with Gasteiger partial charge in [-0.25, -0.2) is 0 Å². The Labute approximate surface area is 126 Å². The lowest BCUT2D eigenvalue weighted by Gasteiger charge is -2.29. The summed E-state index contributed by atoms with van der Waals surface area (Å²) in [6, 6.07) is 9.59. The fraction of sp³-hybridized carbons (Fsp3) is 0.529.